The van der Waals surface area contributed by atoms with Crippen molar-refractivity contribution in [3.63, 3.8) is 0 Å². The molecule has 1 heterocycles. The number of halogens is 1. The van der Waals surface area contributed by atoms with Gasteiger partial charge in [0.1, 0.15) is 10.5 Å². The van der Waals surface area contributed by atoms with Gasteiger partial charge in [0.2, 0.25) is 0 Å². The van der Waals surface area contributed by atoms with Gasteiger partial charge in [0.25, 0.3) is 9.05 Å². The summed E-state index contributed by atoms with van der Waals surface area (Å²) in [5, 5.41) is 8.00. The minimum Gasteiger partial charge on any atom is -0.207 e. The Labute approximate surface area is 95.0 Å². The zero-order chi connectivity index (χ0) is 10.9. The summed E-state index contributed by atoms with van der Waals surface area (Å²) in [5.41, 5.74) is 2.02. The lowest BCUT2D eigenvalue weighted by atomic mass is 10.2. The second kappa shape index (κ2) is 3.88. The molecule has 0 radical (unpaired) electrons. The van der Waals surface area contributed by atoms with Crippen LogP contribution in [0.5, 0.6) is 0 Å². The average Bonchev–Trinajstić information content (AvgIpc) is 2.69. The summed E-state index contributed by atoms with van der Waals surface area (Å²) in [6.45, 7) is 0. The molecule has 0 aliphatic carbocycles. The maximum Gasteiger partial charge on any atom is 0.262 e. The normalized spacial score (nSPS) is 11.5. The Hall–Kier alpha value is -0.980. The summed E-state index contributed by atoms with van der Waals surface area (Å²) in [4.78, 5) is 0.0587. The zero-order valence-corrected chi connectivity index (χ0v) is 9.68. The van der Waals surface area contributed by atoms with Crippen LogP contribution in [-0.4, -0.2) is 18.6 Å². The van der Waals surface area contributed by atoms with E-state index in [2.05, 4.69) is 10.2 Å². The SMILES string of the molecule is O=S(=O)(Cl)c1ccccc1-c1nncs1. The van der Waals surface area contributed by atoms with Crippen LogP contribution in [0.25, 0.3) is 10.6 Å². The van der Waals surface area contributed by atoms with E-state index >= 15 is 0 Å². The molecule has 0 atom stereocenters. The van der Waals surface area contributed by atoms with Crippen molar-refractivity contribution in [3.05, 3.63) is 29.8 Å². The summed E-state index contributed by atoms with van der Waals surface area (Å²) < 4.78 is 22.5. The molecule has 0 fully saturated rings. The second-order valence-corrected chi connectivity index (χ2v) is 6.05. The van der Waals surface area contributed by atoms with E-state index in [9.17, 15) is 8.42 Å². The quantitative estimate of drug-likeness (QED) is 0.776. The Balaban J connectivity index is 2.68. The van der Waals surface area contributed by atoms with Gasteiger partial charge >= 0.3 is 0 Å². The molecule has 78 valence electrons. The fourth-order valence-electron chi connectivity index (χ4n) is 1.15. The number of nitrogens with zero attached hydrogens (tertiary/aromatic N) is 2. The van der Waals surface area contributed by atoms with Gasteiger partial charge in [-0.2, -0.15) is 0 Å². The summed E-state index contributed by atoms with van der Waals surface area (Å²) in [6.07, 6.45) is 0. The molecular formula is C8H5ClN2O2S2. The van der Waals surface area contributed by atoms with Crippen LogP contribution in [0.15, 0.2) is 34.7 Å². The molecule has 2 aromatic rings. The number of rotatable bonds is 2. The fourth-order valence-corrected chi connectivity index (χ4v) is 2.88. The van der Waals surface area contributed by atoms with Crippen LogP contribution in [0.4, 0.5) is 0 Å². The highest BCUT2D eigenvalue weighted by atomic mass is 35.7. The molecule has 1 aromatic carbocycles. The first-order valence-corrected chi connectivity index (χ1v) is 7.08. The molecular weight excluding hydrogens is 256 g/mol. The molecule has 0 aliphatic rings. The molecule has 0 amide bonds. The van der Waals surface area contributed by atoms with E-state index in [0.717, 1.165) is 0 Å². The topological polar surface area (TPSA) is 59.9 Å². The Morgan fingerprint density at radius 2 is 2.00 bits per heavy atom. The molecule has 7 heteroatoms. The second-order valence-electron chi connectivity index (χ2n) is 2.68. The van der Waals surface area contributed by atoms with E-state index in [4.69, 9.17) is 10.7 Å². The Kier molecular flexibility index (Phi) is 2.72. The number of aromatic nitrogens is 2. The van der Waals surface area contributed by atoms with E-state index in [-0.39, 0.29) is 4.90 Å². The molecule has 0 N–H and O–H groups in total. The summed E-state index contributed by atoms with van der Waals surface area (Å²) in [6, 6.07) is 6.43. The van der Waals surface area contributed by atoms with Crippen molar-refractivity contribution in [3.8, 4) is 10.6 Å². The molecule has 1 aromatic heterocycles. The van der Waals surface area contributed by atoms with Crippen molar-refractivity contribution in [2.45, 2.75) is 4.90 Å². The maximum atomic E-state index is 11.3. The Morgan fingerprint density at radius 1 is 1.27 bits per heavy atom. The van der Waals surface area contributed by atoms with Gasteiger partial charge in [0.15, 0.2) is 0 Å². The van der Waals surface area contributed by atoms with E-state index in [1.165, 1.54) is 22.9 Å². The predicted molar refractivity (Wildman–Crippen MR) is 58.4 cm³/mol. The Morgan fingerprint density at radius 3 is 2.60 bits per heavy atom. The summed E-state index contributed by atoms with van der Waals surface area (Å²) in [5.74, 6) is 0. The van der Waals surface area contributed by atoms with E-state index in [1.54, 1.807) is 18.2 Å². The lowest BCUT2D eigenvalue weighted by Crippen LogP contribution is -1.93. The average molecular weight is 261 g/mol. The number of benzene rings is 1. The van der Waals surface area contributed by atoms with Crippen LogP contribution < -0.4 is 0 Å². The summed E-state index contributed by atoms with van der Waals surface area (Å²) in [7, 11) is 1.56. The van der Waals surface area contributed by atoms with Gasteiger partial charge in [0.05, 0.1) is 4.90 Å². The van der Waals surface area contributed by atoms with Crippen LogP contribution in [0.2, 0.25) is 0 Å². The van der Waals surface area contributed by atoms with Crippen LogP contribution in [0.3, 0.4) is 0 Å². The van der Waals surface area contributed by atoms with E-state index in [1.807, 2.05) is 0 Å². The molecule has 2 rings (SSSR count). The zero-order valence-electron chi connectivity index (χ0n) is 7.29. The van der Waals surface area contributed by atoms with Gasteiger partial charge in [-0.15, -0.1) is 10.2 Å². The third-order valence-electron chi connectivity index (χ3n) is 1.74. The Bertz CT molecular complexity index is 566. The first kappa shape index (κ1) is 10.5. The van der Waals surface area contributed by atoms with Crippen molar-refractivity contribution in [2.24, 2.45) is 0 Å². The van der Waals surface area contributed by atoms with Gasteiger partial charge in [-0.1, -0.05) is 29.5 Å². The monoisotopic (exact) mass is 260 g/mol. The first-order valence-electron chi connectivity index (χ1n) is 3.89. The first-order chi connectivity index (χ1) is 7.09. The minimum absolute atomic E-state index is 0.0587. The van der Waals surface area contributed by atoms with Gasteiger partial charge in [-0.05, 0) is 6.07 Å². The molecule has 4 nitrogen and oxygen atoms in total. The van der Waals surface area contributed by atoms with Crippen molar-refractivity contribution < 1.29 is 8.42 Å². The minimum atomic E-state index is -3.75. The number of hydrogen-bond donors (Lipinski definition) is 0. The van der Waals surface area contributed by atoms with Crippen LogP contribution in [-0.2, 0) is 9.05 Å². The van der Waals surface area contributed by atoms with E-state index < -0.39 is 9.05 Å². The molecule has 0 spiro atoms. The van der Waals surface area contributed by atoms with Crippen molar-refractivity contribution in [1.82, 2.24) is 10.2 Å². The van der Waals surface area contributed by atoms with Crippen molar-refractivity contribution in [2.75, 3.05) is 0 Å². The van der Waals surface area contributed by atoms with Crippen molar-refractivity contribution >= 4 is 31.1 Å². The third-order valence-corrected chi connectivity index (χ3v) is 3.84. The molecule has 0 saturated heterocycles. The highest BCUT2D eigenvalue weighted by Crippen LogP contribution is 2.29. The largest absolute Gasteiger partial charge is 0.262 e. The highest BCUT2D eigenvalue weighted by molar-refractivity contribution is 8.13. The van der Waals surface area contributed by atoms with Gasteiger partial charge < -0.3 is 0 Å². The van der Waals surface area contributed by atoms with Crippen LogP contribution in [0, 0.1) is 0 Å². The molecule has 0 aliphatic heterocycles. The summed E-state index contributed by atoms with van der Waals surface area (Å²) >= 11 is 1.26. The smallest absolute Gasteiger partial charge is 0.207 e. The fraction of sp³-hybridized carbons (Fsp3) is 0. The van der Waals surface area contributed by atoms with Crippen LogP contribution >= 0.6 is 22.0 Å². The number of hydrogen-bond acceptors (Lipinski definition) is 5. The third kappa shape index (κ3) is 2.17. The van der Waals surface area contributed by atoms with Crippen molar-refractivity contribution in [1.29, 1.82) is 0 Å². The molecule has 15 heavy (non-hydrogen) atoms. The van der Waals surface area contributed by atoms with E-state index in [0.29, 0.717) is 10.6 Å². The highest BCUT2D eigenvalue weighted by Gasteiger charge is 2.17. The lowest BCUT2D eigenvalue weighted by molar-refractivity contribution is 0.610. The van der Waals surface area contributed by atoms with Crippen LogP contribution in [0.1, 0.15) is 0 Å². The maximum absolute atomic E-state index is 11.3. The molecule has 0 unspecified atom stereocenters. The van der Waals surface area contributed by atoms with Gasteiger partial charge in [-0.25, -0.2) is 8.42 Å². The van der Waals surface area contributed by atoms with Gasteiger partial charge in [0, 0.05) is 16.2 Å². The standard InChI is InChI=1S/C8H5ClN2O2S2/c9-15(12,13)7-4-2-1-3-6(7)8-11-10-5-14-8/h1-5H. The molecule has 0 saturated carbocycles. The molecule has 0 bridgehead atoms. The van der Waals surface area contributed by atoms with Gasteiger partial charge in [-0.3, -0.25) is 0 Å². The predicted octanol–water partition coefficient (Wildman–Crippen LogP) is 2.13. The lowest BCUT2D eigenvalue weighted by Gasteiger charge is -2.01.